The molecule has 0 amide bonds. The molecular formula is C33H37N7. The number of likely N-dealkylation sites (tertiary alicyclic amines) is 1. The number of nitrogen functional groups attached to an aromatic ring is 1. The summed E-state index contributed by atoms with van der Waals surface area (Å²) in [6, 6.07) is 27.0. The third-order valence-corrected chi connectivity index (χ3v) is 8.10. The summed E-state index contributed by atoms with van der Waals surface area (Å²) in [5.41, 5.74) is 13.5. The average Bonchev–Trinajstić information content (AvgIpc) is 3.74. The van der Waals surface area contributed by atoms with Gasteiger partial charge in [0.1, 0.15) is 11.3 Å². The second-order valence-electron chi connectivity index (χ2n) is 10.7. The Bertz CT molecular complexity index is 1590. The summed E-state index contributed by atoms with van der Waals surface area (Å²) in [6.45, 7) is 9.65. The lowest BCUT2D eigenvalue weighted by Gasteiger charge is -2.23. The van der Waals surface area contributed by atoms with Crippen LogP contribution in [-0.4, -0.2) is 50.6 Å². The number of fused-ring (bicyclic) bond motifs is 1. The fraction of sp³-hybridized carbons (Fsp3) is 0.303. The zero-order chi connectivity index (χ0) is 27.5. The van der Waals surface area contributed by atoms with Crippen molar-refractivity contribution in [3.63, 3.8) is 0 Å². The van der Waals surface area contributed by atoms with Gasteiger partial charge in [0.25, 0.3) is 0 Å². The SMILES string of the molecule is CC.Nc1ncccc1-c1nc2ccc(-c3ccccc3)nc2n1-c1ccc(CN2CCC3(CCNC3)C2)cc1. The van der Waals surface area contributed by atoms with E-state index in [4.69, 9.17) is 15.7 Å². The second kappa shape index (κ2) is 11.2. The number of anilines is 1. The molecule has 7 rings (SSSR count). The minimum absolute atomic E-state index is 0.452. The lowest BCUT2D eigenvalue weighted by molar-refractivity contribution is 0.268. The first-order chi connectivity index (χ1) is 19.7. The zero-order valence-electron chi connectivity index (χ0n) is 23.3. The molecule has 3 aromatic heterocycles. The maximum absolute atomic E-state index is 6.31. The molecule has 0 saturated carbocycles. The Morgan fingerprint density at radius 2 is 1.73 bits per heavy atom. The molecule has 2 fully saturated rings. The molecular weight excluding hydrogens is 494 g/mol. The molecule has 0 bridgehead atoms. The van der Waals surface area contributed by atoms with Crippen LogP contribution in [0.3, 0.4) is 0 Å². The van der Waals surface area contributed by atoms with Crippen LogP contribution in [0.5, 0.6) is 0 Å². The molecule has 2 aliphatic heterocycles. The second-order valence-corrected chi connectivity index (χ2v) is 10.7. The van der Waals surface area contributed by atoms with Crippen molar-refractivity contribution in [1.82, 2.24) is 29.7 Å². The summed E-state index contributed by atoms with van der Waals surface area (Å²) in [6.07, 6.45) is 4.30. The van der Waals surface area contributed by atoms with E-state index in [0.717, 1.165) is 59.1 Å². The largest absolute Gasteiger partial charge is 0.383 e. The maximum atomic E-state index is 6.31. The van der Waals surface area contributed by atoms with E-state index in [9.17, 15) is 0 Å². The van der Waals surface area contributed by atoms with Crippen molar-refractivity contribution in [1.29, 1.82) is 0 Å². The number of hydrogen-bond acceptors (Lipinski definition) is 6. The standard InChI is InChI=1S/C31H31N7.C2H6/c32-28-25(7-4-16-34-28)29-36-27-13-12-26(23-5-2-1-3-6-23)35-30(27)38(29)24-10-8-22(9-11-24)19-37-18-15-31(21-37)14-17-33-20-31;1-2/h1-13,16,33H,14-15,17-21H2,(H2,32,34);1-2H3. The smallest absolute Gasteiger partial charge is 0.165 e. The highest BCUT2D eigenvalue weighted by Crippen LogP contribution is 2.37. The molecule has 5 heterocycles. The molecule has 40 heavy (non-hydrogen) atoms. The van der Waals surface area contributed by atoms with E-state index < -0.39 is 0 Å². The number of benzene rings is 2. The molecule has 5 aromatic rings. The van der Waals surface area contributed by atoms with Crippen molar-refractivity contribution >= 4 is 17.0 Å². The molecule has 1 spiro atoms. The highest BCUT2D eigenvalue weighted by molar-refractivity contribution is 5.84. The van der Waals surface area contributed by atoms with Crippen molar-refractivity contribution in [2.75, 3.05) is 31.9 Å². The summed E-state index contributed by atoms with van der Waals surface area (Å²) < 4.78 is 2.11. The lowest BCUT2D eigenvalue weighted by Crippen LogP contribution is -2.28. The molecule has 1 atom stereocenters. The molecule has 2 aliphatic rings. The number of aromatic nitrogens is 4. The van der Waals surface area contributed by atoms with Gasteiger partial charge in [-0.1, -0.05) is 56.3 Å². The molecule has 7 nitrogen and oxygen atoms in total. The Kier molecular flexibility index (Phi) is 7.32. The van der Waals surface area contributed by atoms with Gasteiger partial charge < -0.3 is 11.1 Å². The van der Waals surface area contributed by atoms with Gasteiger partial charge in [-0.15, -0.1) is 0 Å². The van der Waals surface area contributed by atoms with Gasteiger partial charge in [0.05, 0.1) is 11.3 Å². The zero-order valence-corrected chi connectivity index (χ0v) is 23.3. The quantitative estimate of drug-likeness (QED) is 0.292. The summed E-state index contributed by atoms with van der Waals surface area (Å²) >= 11 is 0. The molecule has 0 aliphatic carbocycles. The first-order valence-corrected chi connectivity index (χ1v) is 14.4. The van der Waals surface area contributed by atoms with Gasteiger partial charge in [-0.2, -0.15) is 0 Å². The monoisotopic (exact) mass is 531 g/mol. The van der Waals surface area contributed by atoms with Crippen LogP contribution in [0.2, 0.25) is 0 Å². The third kappa shape index (κ3) is 4.98. The molecule has 3 N–H and O–H groups in total. The van der Waals surface area contributed by atoms with Crippen LogP contribution in [0.1, 0.15) is 32.3 Å². The van der Waals surface area contributed by atoms with E-state index in [-0.39, 0.29) is 0 Å². The van der Waals surface area contributed by atoms with Gasteiger partial charge in [-0.05, 0) is 73.3 Å². The number of pyridine rings is 2. The van der Waals surface area contributed by atoms with Crippen LogP contribution in [-0.2, 0) is 6.54 Å². The maximum Gasteiger partial charge on any atom is 0.165 e. The predicted molar refractivity (Wildman–Crippen MR) is 163 cm³/mol. The van der Waals surface area contributed by atoms with Crippen LogP contribution in [0.4, 0.5) is 5.82 Å². The van der Waals surface area contributed by atoms with E-state index in [1.165, 1.54) is 31.5 Å². The summed E-state index contributed by atoms with van der Waals surface area (Å²) in [7, 11) is 0. The van der Waals surface area contributed by atoms with E-state index in [1.54, 1.807) is 6.20 Å². The molecule has 2 saturated heterocycles. The van der Waals surface area contributed by atoms with E-state index in [0.29, 0.717) is 11.2 Å². The summed E-state index contributed by atoms with van der Waals surface area (Å²) in [5, 5.41) is 3.56. The van der Waals surface area contributed by atoms with Crippen LogP contribution in [0.15, 0.2) is 85.1 Å². The predicted octanol–water partition coefficient (Wildman–Crippen LogP) is 5.94. The third-order valence-electron chi connectivity index (χ3n) is 8.10. The number of imidazole rings is 1. The Morgan fingerprint density at radius 1 is 0.900 bits per heavy atom. The Balaban J connectivity index is 0.00000142. The Morgan fingerprint density at radius 3 is 2.48 bits per heavy atom. The Hall–Kier alpha value is -4.07. The summed E-state index contributed by atoms with van der Waals surface area (Å²) in [5.74, 6) is 1.19. The van der Waals surface area contributed by atoms with Gasteiger partial charge in [0.15, 0.2) is 11.5 Å². The molecule has 1 unspecified atom stereocenters. The number of rotatable bonds is 5. The number of nitrogens with one attached hydrogen (secondary N) is 1. The Labute approximate surface area is 236 Å². The van der Waals surface area contributed by atoms with Crippen molar-refractivity contribution < 1.29 is 0 Å². The van der Waals surface area contributed by atoms with Crippen molar-refractivity contribution in [3.05, 3.63) is 90.6 Å². The first-order valence-electron chi connectivity index (χ1n) is 14.4. The fourth-order valence-corrected chi connectivity index (χ4v) is 6.07. The lowest BCUT2D eigenvalue weighted by atomic mass is 9.86. The highest BCUT2D eigenvalue weighted by Gasteiger charge is 2.40. The molecule has 204 valence electrons. The fourth-order valence-electron chi connectivity index (χ4n) is 6.07. The van der Waals surface area contributed by atoms with E-state index in [1.807, 2.05) is 56.3 Å². The van der Waals surface area contributed by atoms with E-state index in [2.05, 4.69) is 56.2 Å². The van der Waals surface area contributed by atoms with Gasteiger partial charge in [0.2, 0.25) is 0 Å². The number of hydrogen-bond donors (Lipinski definition) is 2. The van der Waals surface area contributed by atoms with Gasteiger partial charge in [0, 0.05) is 37.1 Å². The van der Waals surface area contributed by atoms with Crippen molar-refractivity contribution in [3.8, 4) is 28.3 Å². The van der Waals surface area contributed by atoms with Crippen LogP contribution >= 0.6 is 0 Å². The van der Waals surface area contributed by atoms with Crippen molar-refractivity contribution in [2.24, 2.45) is 5.41 Å². The van der Waals surface area contributed by atoms with Gasteiger partial charge in [-0.25, -0.2) is 15.0 Å². The number of nitrogens with two attached hydrogens (primary N) is 1. The average molecular weight is 532 g/mol. The van der Waals surface area contributed by atoms with Crippen molar-refractivity contribution in [2.45, 2.75) is 33.2 Å². The minimum atomic E-state index is 0.452. The van der Waals surface area contributed by atoms with Crippen LogP contribution in [0, 0.1) is 5.41 Å². The first kappa shape index (κ1) is 26.2. The molecule has 7 heteroatoms. The number of nitrogens with zero attached hydrogens (tertiary/aromatic N) is 5. The van der Waals surface area contributed by atoms with E-state index >= 15 is 0 Å². The van der Waals surface area contributed by atoms with Gasteiger partial charge in [-0.3, -0.25) is 9.47 Å². The topological polar surface area (TPSA) is 84.9 Å². The highest BCUT2D eigenvalue weighted by atomic mass is 15.2. The van der Waals surface area contributed by atoms with Crippen LogP contribution in [0.25, 0.3) is 39.5 Å². The molecule has 2 aromatic carbocycles. The van der Waals surface area contributed by atoms with Gasteiger partial charge >= 0.3 is 0 Å². The van der Waals surface area contributed by atoms with Crippen LogP contribution < -0.4 is 11.1 Å². The normalized spacial score (nSPS) is 18.8. The summed E-state index contributed by atoms with van der Waals surface area (Å²) in [4.78, 5) is 17.0. The molecule has 0 radical (unpaired) electrons. The minimum Gasteiger partial charge on any atom is -0.383 e.